The van der Waals surface area contributed by atoms with Crippen LogP contribution < -0.4 is 26.2 Å². The summed E-state index contributed by atoms with van der Waals surface area (Å²) in [6, 6.07) is 13.1. The van der Waals surface area contributed by atoms with Crippen molar-refractivity contribution in [2.45, 2.75) is 26.3 Å². The van der Waals surface area contributed by atoms with Crippen LogP contribution in [0, 0.1) is 5.92 Å². The molecule has 0 atom stereocenters. The van der Waals surface area contributed by atoms with Crippen molar-refractivity contribution in [2.24, 2.45) is 5.92 Å². The summed E-state index contributed by atoms with van der Waals surface area (Å²) < 4.78 is 5.44. The van der Waals surface area contributed by atoms with E-state index in [1.807, 2.05) is 12.1 Å². The Morgan fingerprint density at radius 3 is 2.53 bits per heavy atom. The molecule has 1 amide bonds. The lowest BCUT2D eigenvalue weighted by atomic mass is 9.97. The van der Waals surface area contributed by atoms with Gasteiger partial charge < -0.3 is 15.4 Å². The van der Waals surface area contributed by atoms with E-state index in [0.29, 0.717) is 22.6 Å². The monoisotopic (exact) mass is 431 g/mol. The fourth-order valence-electron chi connectivity index (χ4n) is 4.33. The highest BCUT2D eigenvalue weighted by atomic mass is 16.5. The molecule has 7 heteroatoms. The number of nitrogens with one attached hydrogen (secondary N) is 2. The van der Waals surface area contributed by atoms with Crippen molar-refractivity contribution < 1.29 is 9.53 Å². The van der Waals surface area contributed by atoms with Crippen LogP contribution in [0.2, 0.25) is 0 Å². The second-order valence-corrected chi connectivity index (χ2v) is 8.74. The summed E-state index contributed by atoms with van der Waals surface area (Å²) in [4.78, 5) is 38.5. The number of benzene rings is 2. The first kappa shape index (κ1) is 20.5. The molecular formula is C25H25N3O4. The number of nitrogens with zero attached hydrogens (tertiary/aromatic N) is 1. The number of rotatable bonds is 5. The van der Waals surface area contributed by atoms with E-state index >= 15 is 0 Å². The van der Waals surface area contributed by atoms with Gasteiger partial charge in [0.25, 0.3) is 11.3 Å². The number of carbonyl (C=O) groups is 1. The number of likely N-dealkylation sites (tertiary alicyclic amines) is 1. The standard InChI is InChI=1S/C25H25N3O4/c1-15-8-10-28(11-9-15)13-16-2-5-18(6-3-16)26-23-22(24(30)25(23)31)17-4-7-19-20(12-17)32-14-21(29)27-19/h2-7,12,15,26H,8-11,13-14H2,1H3,(H,27,29). The van der Waals surface area contributed by atoms with Gasteiger partial charge in [-0.15, -0.1) is 0 Å². The van der Waals surface area contributed by atoms with Crippen molar-refractivity contribution in [1.29, 1.82) is 0 Å². The predicted octanol–water partition coefficient (Wildman–Crippen LogP) is 3.26. The molecule has 7 nitrogen and oxygen atoms in total. The molecule has 3 aromatic rings. The molecule has 0 bridgehead atoms. The number of piperidine rings is 1. The van der Waals surface area contributed by atoms with Crippen LogP contribution in [0.15, 0.2) is 52.1 Å². The zero-order valence-electron chi connectivity index (χ0n) is 17.9. The number of amides is 1. The molecule has 1 fully saturated rings. The Balaban J connectivity index is 1.32. The first-order valence-corrected chi connectivity index (χ1v) is 11.0. The zero-order chi connectivity index (χ0) is 22.2. The molecule has 5 rings (SSSR count). The zero-order valence-corrected chi connectivity index (χ0v) is 17.9. The Morgan fingerprint density at radius 1 is 1.03 bits per heavy atom. The summed E-state index contributed by atoms with van der Waals surface area (Å²) in [6.07, 6.45) is 2.49. The molecule has 2 aliphatic rings. The molecule has 0 aliphatic carbocycles. The predicted molar refractivity (Wildman–Crippen MR) is 124 cm³/mol. The molecule has 1 saturated heterocycles. The Bertz CT molecular complexity index is 1230. The normalized spacial score (nSPS) is 17.0. The molecule has 0 saturated carbocycles. The van der Waals surface area contributed by atoms with Gasteiger partial charge in [0.05, 0.1) is 11.3 Å². The molecule has 0 aromatic heterocycles. The third-order valence-corrected chi connectivity index (χ3v) is 6.32. The third-order valence-electron chi connectivity index (χ3n) is 6.32. The van der Waals surface area contributed by atoms with Crippen LogP contribution in [0.1, 0.15) is 25.3 Å². The van der Waals surface area contributed by atoms with Gasteiger partial charge >= 0.3 is 0 Å². The molecule has 2 heterocycles. The summed E-state index contributed by atoms with van der Waals surface area (Å²) in [5, 5.41) is 5.83. The van der Waals surface area contributed by atoms with Gasteiger partial charge in [0.15, 0.2) is 6.61 Å². The number of fused-ring (bicyclic) bond motifs is 1. The average Bonchev–Trinajstić information content (AvgIpc) is 2.81. The highest BCUT2D eigenvalue weighted by molar-refractivity contribution is 5.96. The van der Waals surface area contributed by atoms with E-state index in [2.05, 4.69) is 34.6 Å². The lowest BCUT2D eigenvalue weighted by Gasteiger charge is -2.30. The molecule has 32 heavy (non-hydrogen) atoms. The minimum absolute atomic E-state index is 0.0731. The summed E-state index contributed by atoms with van der Waals surface area (Å²) in [5.74, 6) is 1.07. The smallest absolute Gasteiger partial charge is 0.262 e. The first-order chi connectivity index (χ1) is 15.5. The van der Waals surface area contributed by atoms with Crippen LogP contribution in [0.5, 0.6) is 5.75 Å². The van der Waals surface area contributed by atoms with Gasteiger partial charge in [-0.3, -0.25) is 19.3 Å². The van der Waals surface area contributed by atoms with E-state index in [1.165, 1.54) is 18.4 Å². The van der Waals surface area contributed by atoms with Crippen molar-refractivity contribution in [3.05, 3.63) is 68.5 Å². The number of hydrogen-bond donors (Lipinski definition) is 2. The topological polar surface area (TPSA) is 87.7 Å². The SMILES string of the molecule is CC1CCN(Cc2ccc(Nc3c(-c4ccc5c(c4)OCC(=O)N5)c(=O)c3=O)cc2)CC1. The van der Waals surface area contributed by atoms with Gasteiger partial charge in [-0.05, 0) is 67.2 Å². The molecule has 2 N–H and O–H groups in total. The fourth-order valence-corrected chi connectivity index (χ4v) is 4.33. The third kappa shape index (κ3) is 3.91. The second-order valence-electron chi connectivity index (χ2n) is 8.74. The van der Waals surface area contributed by atoms with Crippen LogP contribution in [0.4, 0.5) is 17.1 Å². The Hall–Kier alpha value is -3.45. The highest BCUT2D eigenvalue weighted by Crippen LogP contribution is 2.34. The summed E-state index contributed by atoms with van der Waals surface area (Å²) in [7, 11) is 0. The van der Waals surface area contributed by atoms with Crippen molar-refractivity contribution in [1.82, 2.24) is 4.90 Å². The van der Waals surface area contributed by atoms with Crippen molar-refractivity contribution in [3.8, 4) is 16.9 Å². The molecule has 0 unspecified atom stereocenters. The van der Waals surface area contributed by atoms with Crippen molar-refractivity contribution >= 4 is 23.0 Å². The first-order valence-electron chi connectivity index (χ1n) is 11.0. The van der Waals surface area contributed by atoms with E-state index in [0.717, 1.165) is 31.2 Å². The average molecular weight is 431 g/mol. The molecule has 164 valence electrons. The van der Waals surface area contributed by atoms with Crippen molar-refractivity contribution in [3.63, 3.8) is 0 Å². The maximum Gasteiger partial charge on any atom is 0.262 e. The summed E-state index contributed by atoms with van der Waals surface area (Å²) >= 11 is 0. The summed E-state index contributed by atoms with van der Waals surface area (Å²) in [5.41, 5.74) is 2.69. The Morgan fingerprint density at radius 2 is 1.78 bits per heavy atom. The van der Waals surface area contributed by atoms with Gasteiger partial charge in [0, 0.05) is 12.2 Å². The quantitative estimate of drug-likeness (QED) is 0.603. The van der Waals surface area contributed by atoms with Gasteiger partial charge in [-0.1, -0.05) is 25.1 Å². The number of hydrogen-bond acceptors (Lipinski definition) is 6. The van der Waals surface area contributed by atoms with Crippen LogP contribution in [-0.4, -0.2) is 30.5 Å². The van der Waals surface area contributed by atoms with Gasteiger partial charge in [0.1, 0.15) is 11.4 Å². The number of anilines is 3. The molecule has 0 spiro atoms. The maximum absolute atomic E-state index is 12.3. The van der Waals surface area contributed by atoms with Gasteiger partial charge in [-0.25, -0.2) is 0 Å². The highest BCUT2D eigenvalue weighted by Gasteiger charge is 2.25. The molecular weight excluding hydrogens is 406 g/mol. The lowest BCUT2D eigenvalue weighted by molar-refractivity contribution is -0.118. The van der Waals surface area contributed by atoms with E-state index in [1.54, 1.807) is 18.2 Å². The van der Waals surface area contributed by atoms with Crippen LogP contribution in [0.3, 0.4) is 0 Å². The van der Waals surface area contributed by atoms with E-state index < -0.39 is 10.9 Å². The Labute approximate surface area is 185 Å². The van der Waals surface area contributed by atoms with E-state index in [-0.39, 0.29) is 18.2 Å². The second kappa shape index (κ2) is 8.24. The Kier molecular flexibility index (Phi) is 5.27. The summed E-state index contributed by atoms with van der Waals surface area (Å²) in [6.45, 7) is 5.41. The van der Waals surface area contributed by atoms with E-state index in [9.17, 15) is 14.4 Å². The maximum atomic E-state index is 12.3. The van der Waals surface area contributed by atoms with Gasteiger partial charge in [-0.2, -0.15) is 0 Å². The number of carbonyl (C=O) groups excluding carboxylic acids is 1. The largest absolute Gasteiger partial charge is 0.482 e. The lowest BCUT2D eigenvalue weighted by Crippen LogP contribution is -2.35. The van der Waals surface area contributed by atoms with Gasteiger partial charge in [0.2, 0.25) is 5.43 Å². The minimum atomic E-state index is -0.529. The minimum Gasteiger partial charge on any atom is -0.482 e. The number of ether oxygens (including phenoxy) is 1. The van der Waals surface area contributed by atoms with Crippen LogP contribution in [0.25, 0.3) is 11.1 Å². The molecule has 2 aliphatic heterocycles. The van der Waals surface area contributed by atoms with Crippen molar-refractivity contribution in [2.75, 3.05) is 30.3 Å². The van der Waals surface area contributed by atoms with Crippen LogP contribution in [-0.2, 0) is 11.3 Å². The fraction of sp³-hybridized carbons (Fsp3) is 0.320. The molecule has 0 radical (unpaired) electrons. The van der Waals surface area contributed by atoms with Crippen LogP contribution >= 0.6 is 0 Å². The molecule has 3 aromatic carbocycles. The van der Waals surface area contributed by atoms with E-state index in [4.69, 9.17) is 4.74 Å².